The molecule has 1 amide bonds. The van der Waals surface area contributed by atoms with Crippen molar-refractivity contribution in [3.63, 3.8) is 0 Å². The van der Waals surface area contributed by atoms with Crippen molar-refractivity contribution in [2.24, 2.45) is 0 Å². The van der Waals surface area contributed by atoms with Crippen molar-refractivity contribution in [2.45, 2.75) is 13.0 Å². The Kier molecular flexibility index (Phi) is 4.96. The average Bonchev–Trinajstić information content (AvgIpc) is 2.62. The molecule has 0 radical (unpaired) electrons. The topological polar surface area (TPSA) is 51.2 Å². The first-order valence-electron chi connectivity index (χ1n) is 7.64. The van der Waals surface area contributed by atoms with Gasteiger partial charge in [-0.15, -0.1) is 0 Å². The van der Waals surface area contributed by atoms with Gasteiger partial charge in [0.15, 0.2) is 6.61 Å². The van der Waals surface area contributed by atoms with Crippen molar-refractivity contribution in [3.8, 4) is 5.75 Å². The number of carbonyl (C=O) groups is 1. The number of nitrogens with zero attached hydrogens (tertiary/aromatic N) is 1. The molecule has 3 rings (SSSR count). The van der Waals surface area contributed by atoms with Gasteiger partial charge >= 0.3 is 0 Å². The van der Waals surface area contributed by atoms with E-state index in [1.807, 2.05) is 43.3 Å². The molecule has 2 aromatic carbocycles. The average molecular weight is 341 g/mol. The first-order valence-corrected chi connectivity index (χ1v) is 8.02. The highest BCUT2D eigenvalue weighted by molar-refractivity contribution is 6.35. The van der Waals surface area contributed by atoms with Crippen LogP contribution in [0.15, 0.2) is 60.9 Å². The molecule has 1 heterocycles. The number of hydrogen-bond acceptors (Lipinski definition) is 3. The van der Waals surface area contributed by atoms with Crippen LogP contribution in [0, 0.1) is 0 Å². The zero-order chi connectivity index (χ0) is 16.9. The summed E-state index contributed by atoms with van der Waals surface area (Å²) in [6.45, 7) is 1.85. The summed E-state index contributed by atoms with van der Waals surface area (Å²) in [6, 6.07) is 14.9. The van der Waals surface area contributed by atoms with Crippen LogP contribution in [-0.2, 0) is 4.79 Å². The van der Waals surface area contributed by atoms with E-state index in [9.17, 15) is 4.79 Å². The SMILES string of the molecule is CC(NC(=O)COc1ccc(Cl)c2ccccc12)c1cccnc1. The number of amides is 1. The number of nitrogens with one attached hydrogen (secondary N) is 1. The van der Waals surface area contributed by atoms with Gasteiger partial charge in [0.05, 0.1) is 6.04 Å². The van der Waals surface area contributed by atoms with Crippen LogP contribution in [-0.4, -0.2) is 17.5 Å². The smallest absolute Gasteiger partial charge is 0.258 e. The Hall–Kier alpha value is -2.59. The minimum absolute atomic E-state index is 0.0593. The van der Waals surface area contributed by atoms with Gasteiger partial charge in [-0.05, 0) is 30.7 Å². The first-order chi connectivity index (χ1) is 11.6. The summed E-state index contributed by atoms with van der Waals surface area (Å²) in [7, 11) is 0. The summed E-state index contributed by atoms with van der Waals surface area (Å²) in [6.07, 6.45) is 3.44. The lowest BCUT2D eigenvalue weighted by Crippen LogP contribution is -2.31. The molecule has 0 bridgehead atoms. The van der Waals surface area contributed by atoms with Crippen LogP contribution in [0.1, 0.15) is 18.5 Å². The van der Waals surface area contributed by atoms with Crippen molar-refractivity contribution >= 4 is 28.3 Å². The van der Waals surface area contributed by atoms with Gasteiger partial charge in [0.25, 0.3) is 5.91 Å². The van der Waals surface area contributed by atoms with Gasteiger partial charge in [-0.25, -0.2) is 0 Å². The van der Waals surface area contributed by atoms with Gasteiger partial charge in [0.1, 0.15) is 5.75 Å². The fourth-order valence-electron chi connectivity index (χ4n) is 2.50. The second-order valence-corrected chi connectivity index (χ2v) is 5.86. The molecule has 0 aliphatic heterocycles. The van der Waals surface area contributed by atoms with Crippen LogP contribution in [0.25, 0.3) is 10.8 Å². The van der Waals surface area contributed by atoms with E-state index in [0.717, 1.165) is 16.3 Å². The van der Waals surface area contributed by atoms with Gasteiger partial charge in [0.2, 0.25) is 0 Å². The van der Waals surface area contributed by atoms with Crippen LogP contribution in [0.5, 0.6) is 5.75 Å². The van der Waals surface area contributed by atoms with E-state index in [0.29, 0.717) is 10.8 Å². The highest BCUT2D eigenvalue weighted by atomic mass is 35.5. The standard InChI is InChI=1S/C19H17ClN2O2/c1-13(14-5-4-10-21-11-14)22-19(23)12-24-18-9-8-17(20)15-6-2-3-7-16(15)18/h2-11,13H,12H2,1H3,(H,22,23). The lowest BCUT2D eigenvalue weighted by atomic mass is 10.1. The maximum Gasteiger partial charge on any atom is 0.258 e. The summed E-state index contributed by atoms with van der Waals surface area (Å²) in [5.74, 6) is 0.449. The Bertz CT molecular complexity index is 852. The molecule has 1 N–H and O–H groups in total. The molecule has 1 unspecified atom stereocenters. The maximum atomic E-state index is 12.1. The molecular weight excluding hydrogens is 324 g/mol. The van der Waals surface area contributed by atoms with Crippen molar-refractivity contribution < 1.29 is 9.53 Å². The first kappa shape index (κ1) is 16.3. The fraction of sp³-hybridized carbons (Fsp3) is 0.158. The number of halogens is 1. The Labute approximate surface area is 145 Å². The highest BCUT2D eigenvalue weighted by Gasteiger charge is 2.11. The molecule has 1 atom stereocenters. The summed E-state index contributed by atoms with van der Waals surface area (Å²) in [4.78, 5) is 16.2. The second kappa shape index (κ2) is 7.32. The Morgan fingerprint density at radius 1 is 1.17 bits per heavy atom. The summed E-state index contributed by atoms with van der Waals surface area (Å²) < 4.78 is 5.69. The van der Waals surface area contributed by atoms with E-state index in [-0.39, 0.29) is 18.6 Å². The molecule has 0 saturated carbocycles. The molecule has 4 nitrogen and oxygen atoms in total. The van der Waals surface area contributed by atoms with E-state index in [4.69, 9.17) is 16.3 Å². The Morgan fingerprint density at radius 3 is 2.71 bits per heavy atom. The lowest BCUT2D eigenvalue weighted by Gasteiger charge is -2.15. The lowest BCUT2D eigenvalue weighted by molar-refractivity contribution is -0.123. The van der Waals surface area contributed by atoms with E-state index < -0.39 is 0 Å². The van der Waals surface area contributed by atoms with Gasteiger partial charge in [-0.1, -0.05) is 41.9 Å². The molecule has 0 aliphatic rings. The number of pyridine rings is 1. The van der Waals surface area contributed by atoms with E-state index in [1.54, 1.807) is 24.5 Å². The summed E-state index contributed by atoms with van der Waals surface area (Å²) in [5.41, 5.74) is 0.947. The Morgan fingerprint density at radius 2 is 1.96 bits per heavy atom. The molecule has 5 heteroatoms. The molecule has 0 fully saturated rings. The third kappa shape index (κ3) is 3.66. The second-order valence-electron chi connectivity index (χ2n) is 5.46. The van der Waals surface area contributed by atoms with Crippen LogP contribution in [0.4, 0.5) is 0 Å². The zero-order valence-electron chi connectivity index (χ0n) is 13.2. The predicted octanol–water partition coefficient (Wildman–Crippen LogP) is 4.14. The zero-order valence-corrected chi connectivity index (χ0v) is 14.0. The van der Waals surface area contributed by atoms with Crippen LogP contribution < -0.4 is 10.1 Å². The number of fused-ring (bicyclic) bond motifs is 1. The van der Waals surface area contributed by atoms with Crippen molar-refractivity contribution in [1.29, 1.82) is 0 Å². The van der Waals surface area contributed by atoms with Gasteiger partial charge in [0, 0.05) is 28.2 Å². The summed E-state index contributed by atoms with van der Waals surface area (Å²) >= 11 is 6.19. The van der Waals surface area contributed by atoms with Gasteiger partial charge in [-0.2, -0.15) is 0 Å². The van der Waals surface area contributed by atoms with Crippen molar-refractivity contribution in [3.05, 3.63) is 71.5 Å². The third-order valence-corrected chi connectivity index (χ3v) is 4.08. The molecule has 3 aromatic rings. The van der Waals surface area contributed by atoms with Crippen LogP contribution in [0.3, 0.4) is 0 Å². The van der Waals surface area contributed by atoms with E-state index >= 15 is 0 Å². The molecule has 0 saturated heterocycles. The number of carbonyl (C=O) groups excluding carboxylic acids is 1. The maximum absolute atomic E-state index is 12.1. The van der Waals surface area contributed by atoms with Gasteiger partial charge < -0.3 is 10.1 Å². The Balaban J connectivity index is 1.66. The van der Waals surface area contributed by atoms with Crippen LogP contribution >= 0.6 is 11.6 Å². The van der Waals surface area contributed by atoms with Gasteiger partial charge in [-0.3, -0.25) is 9.78 Å². The number of benzene rings is 2. The van der Waals surface area contributed by atoms with Crippen LogP contribution in [0.2, 0.25) is 5.02 Å². The number of ether oxygens (including phenoxy) is 1. The van der Waals surface area contributed by atoms with Crippen molar-refractivity contribution in [2.75, 3.05) is 6.61 Å². The number of hydrogen-bond donors (Lipinski definition) is 1. The molecular formula is C19H17ClN2O2. The minimum Gasteiger partial charge on any atom is -0.483 e. The highest BCUT2D eigenvalue weighted by Crippen LogP contribution is 2.31. The summed E-state index contributed by atoms with van der Waals surface area (Å²) in [5, 5.41) is 5.35. The van der Waals surface area contributed by atoms with Crippen molar-refractivity contribution in [1.82, 2.24) is 10.3 Å². The van der Waals surface area contributed by atoms with E-state index in [2.05, 4.69) is 10.3 Å². The fourth-order valence-corrected chi connectivity index (χ4v) is 2.73. The minimum atomic E-state index is -0.189. The monoisotopic (exact) mass is 340 g/mol. The molecule has 24 heavy (non-hydrogen) atoms. The molecule has 122 valence electrons. The largest absolute Gasteiger partial charge is 0.483 e. The van der Waals surface area contributed by atoms with E-state index in [1.165, 1.54) is 0 Å². The molecule has 1 aromatic heterocycles. The predicted molar refractivity (Wildman–Crippen MR) is 95.2 cm³/mol. The normalized spacial score (nSPS) is 11.9. The molecule has 0 spiro atoms. The quantitative estimate of drug-likeness (QED) is 0.759. The molecule has 0 aliphatic carbocycles. The third-order valence-electron chi connectivity index (χ3n) is 3.75. The number of aromatic nitrogens is 1. The number of rotatable bonds is 5.